The molecule has 1 saturated heterocycles. The minimum Gasteiger partial charge on any atom is -0.395 e. The molecule has 2 aromatic rings. The molecule has 3 N–H and O–H groups in total. The van der Waals surface area contributed by atoms with Crippen LogP contribution in [0.1, 0.15) is 5.69 Å². The van der Waals surface area contributed by atoms with Crippen LogP contribution in [0, 0.1) is 5.41 Å². The van der Waals surface area contributed by atoms with Crippen molar-refractivity contribution in [1.29, 1.82) is 5.41 Å². The second-order valence-corrected chi connectivity index (χ2v) is 5.58. The molecule has 0 saturated carbocycles. The maximum atomic E-state index is 7.84. The van der Waals surface area contributed by atoms with Gasteiger partial charge in [0.1, 0.15) is 10.3 Å². The third kappa shape index (κ3) is 2.93. The van der Waals surface area contributed by atoms with E-state index < -0.39 is 0 Å². The molecule has 0 amide bonds. The topological polar surface area (TPSA) is 101 Å². The summed E-state index contributed by atoms with van der Waals surface area (Å²) in [5.74, 6) is 0.559. The number of hydrogen-bond acceptors (Lipinski definition) is 7. The Labute approximate surface area is 136 Å². The standard InChI is InChI=1S/C14H15BrN6O/c15-13(17)12-10(16)11(9-1-3-18-4-2-9)19-14(20-12)21-5-7-22-8-6-21/h1-4,17H,5-8,16H2. The maximum absolute atomic E-state index is 7.84. The van der Waals surface area contributed by atoms with E-state index in [9.17, 15) is 0 Å². The number of aromatic nitrogens is 3. The maximum Gasteiger partial charge on any atom is 0.226 e. The third-order valence-corrected chi connectivity index (χ3v) is 3.77. The summed E-state index contributed by atoms with van der Waals surface area (Å²) in [7, 11) is 0. The molecule has 0 unspecified atom stereocenters. The van der Waals surface area contributed by atoms with E-state index in [-0.39, 0.29) is 4.62 Å². The molecule has 3 rings (SSSR count). The first-order chi connectivity index (χ1) is 10.7. The second-order valence-electron chi connectivity index (χ2n) is 4.78. The fourth-order valence-corrected chi connectivity index (χ4v) is 2.56. The van der Waals surface area contributed by atoms with E-state index in [4.69, 9.17) is 15.9 Å². The molecule has 7 nitrogen and oxygen atoms in total. The van der Waals surface area contributed by atoms with Crippen molar-refractivity contribution in [2.45, 2.75) is 0 Å². The van der Waals surface area contributed by atoms with E-state index in [0.717, 1.165) is 18.7 Å². The van der Waals surface area contributed by atoms with Crippen molar-refractivity contribution in [2.75, 3.05) is 36.9 Å². The minimum absolute atomic E-state index is 0.136. The molecule has 0 atom stereocenters. The molecule has 114 valence electrons. The SMILES string of the molecule is N=C(Br)c1nc(N2CCOCC2)nc(-c2ccncc2)c1N. The Morgan fingerprint density at radius 3 is 2.55 bits per heavy atom. The zero-order valence-electron chi connectivity index (χ0n) is 11.8. The van der Waals surface area contributed by atoms with Gasteiger partial charge in [0, 0.05) is 31.0 Å². The number of hydrogen-bond donors (Lipinski definition) is 2. The molecular formula is C14H15BrN6O. The van der Waals surface area contributed by atoms with Crippen LogP contribution >= 0.6 is 15.9 Å². The van der Waals surface area contributed by atoms with Gasteiger partial charge in [-0.05, 0) is 28.1 Å². The number of pyridine rings is 1. The Morgan fingerprint density at radius 1 is 1.23 bits per heavy atom. The van der Waals surface area contributed by atoms with Gasteiger partial charge in [-0.15, -0.1) is 0 Å². The summed E-state index contributed by atoms with van der Waals surface area (Å²) in [6, 6.07) is 3.67. The van der Waals surface area contributed by atoms with E-state index in [1.54, 1.807) is 12.4 Å². The highest BCUT2D eigenvalue weighted by Crippen LogP contribution is 2.29. The summed E-state index contributed by atoms with van der Waals surface area (Å²) in [6.45, 7) is 2.71. The normalized spacial score (nSPS) is 14.9. The third-order valence-electron chi connectivity index (χ3n) is 3.39. The number of halogens is 1. The first-order valence-corrected chi connectivity index (χ1v) is 7.61. The summed E-state index contributed by atoms with van der Waals surface area (Å²) >= 11 is 3.16. The summed E-state index contributed by atoms with van der Waals surface area (Å²) < 4.78 is 5.49. The first-order valence-electron chi connectivity index (χ1n) is 6.82. The van der Waals surface area contributed by atoms with Gasteiger partial charge in [0.15, 0.2) is 0 Å². The number of morpholine rings is 1. The smallest absolute Gasteiger partial charge is 0.226 e. The van der Waals surface area contributed by atoms with Gasteiger partial charge in [-0.1, -0.05) is 0 Å². The van der Waals surface area contributed by atoms with Crippen molar-refractivity contribution in [3.63, 3.8) is 0 Å². The first kappa shape index (κ1) is 14.9. The van der Waals surface area contributed by atoms with Gasteiger partial charge in [-0.2, -0.15) is 0 Å². The van der Waals surface area contributed by atoms with Gasteiger partial charge in [-0.25, -0.2) is 9.97 Å². The molecule has 22 heavy (non-hydrogen) atoms. The Kier molecular flexibility index (Phi) is 4.30. The summed E-state index contributed by atoms with van der Waals surface area (Å²) in [4.78, 5) is 15.1. The second kappa shape index (κ2) is 6.37. The molecular weight excluding hydrogens is 348 g/mol. The zero-order valence-corrected chi connectivity index (χ0v) is 13.4. The monoisotopic (exact) mass is 362 g/mol. The Balaban J connectivity index is 2.12. The van der Waals surface area contributed by atoms with E-state index in [1.165, 1.54) is 0 Å². The number of nitrogens with two attached hydrogens (primary N) is 1. The van der Waals surface area contributed by atoms with Gasteiger partial charge in [0.25, 0.3) is 0 Å². The van der Waals surface area contributed by atoms with Crippen LogP contribution in [0.5, 0.6) is 0 Å². The van der Waals surface area contributed by atoms with Crippen LogP contribution in [0.25, 0.3) is 11.3 Å². The zero-order chi connectivity index (χ0) is 15.5. The lowest BCUT2D eigenvalue weighted by molar-refractivity contribution is 0.122. The molecule has 0 radical (unpaired) electrons. The van der Waals surface area contributed by atoms with E-state index in [2.05, 4.69) is 30.9 Å². The summed E-state index contributed by atoms with van der Waals surface area (Å²) in [5.41, 5.74) is 8.38. The number of ether oxygens (including phenoxy) is 1. The highest BCUT2D eigenvalue weighted by molar-refractivity contribution is 9.18. The number of nitrogens with zero attached hydrogens (tertiary/aromatic N) is 4. The Hall–Kier alpha value is -2.06. The van der Waals surface area contributed by atoms with Crippen molar-refractivity contribution in [2.24, 2.45) is 0 Å². The fraction of sp³-hybridized carbons (Fsp3) is 0.286. The van der Waals surface area contributed by atoms with Crippen LogP contribution < -0.4 is 10.6 Å². The predicted molar refractivity (Wildman–Crippen MR) is 88.5 cm³/mol. The van der Waals surface area contributed by atoms with Crippen LogP contribution in [0.3, 0.4) is 0 Å². The number of rotatable bonds is 3. The van der Waals surface area contributed by atoms with Crippen LogP contribution in [-0.2, 0) is 4.74 Å². The quantitative estimate of drug-likeness (QED) is 0.805. The van der Waals surface area contributed by atoms with Gasteiger partial charge >= 0.3 is 0 Å². The average Bonchev–Trinajstić information content (AvgIpc) is 2.56. The summed E-state index contributed by atoms with van der Waals surface area (Å²) in [6.07, 6.45) is 3.37. The van der Waals surface area contributed by atoms with Crippen molar-refractivity contribution in [3.05, 3.63) is 30.2 Å². The molecule has 1 aliphatic heterocycles. The molecule has 0 spiro atoms. The van der Waals surface area contributed by atoms with Gasteiger partial charge in [0.05, 0.1) is 24.6 Å². The molecule has 8 heteroatoms. The Morgan fingerprint density at radius 2 is 1.91 bits per heavy atom. The van der Waals surface area contributed by atoms with Crippen LogP contribution in [0.4, 0.5) is 11.6 Å². The fourth-order valence-electron chi connectivity index (χ4n) is 2.26. The highest BCUT2D eigenvalue weighted by Gasteiger charge is 2.20. The minimum atomic E-state index is 0.136. The van der Waals surface area contributed by atoms with Crippen molar-refractivity contribution in [3.8, 4) is 11.3 Å². The van der Waals surface area contributed by atoms with Gasteiger partial charge in [-0.3, -0.25) is 10.4 Å². The molecule has 2 aromatic heterocycles. The lowest BCUT2D eigenvalue weighted by Crippen LogP contribution is -2.37. The molecule has 0 aliphatic carbocycles. The van der Waals surface area contributed by atoms with Crippen molar-refractivity contribution < 1.29 is 4.74 Å². The molecule has 0 bridgehead atoms. The summed E-state index contributed by atoms with van der Waals surface area (Å²) in [5, 5.41) is 7.84. The van der Waals surface area contributed by atoms with Crippen molar-refractivity contribution in [1.82, 2.24) is 15.0 Å². The van der Waals surface area contributed by atoms with Crippen LogP contribution in [0.15, 0.2) is 24.5 Å². The van der Waals surface area contributed by atoms with Gasteiger partial charge < -0.3 is 15.4 Å². The number of nitrogens with one attached hydrogen (secondary N) is 1. The molecule has 0 aromatic carbocycles. The largest absolute Gasteiger partial charge is 0.395 e. The Bertz CT molecular complexity index is 687. The van der Waals surface area contributed by atoms with Crippen molar-refractivity contribution >= 4 is 32.2 Å². The number of nitrogen functional groups attached to an aromatic ring is 1. The highest BCUT2D eigenvalue weighted by atomic mass is 79.9. The lowest BCUT2D eigenvalue weighted by atomic mass is 10.1. The number of anilines is 2. The van der Waals surface area contributed by atoms with E-state index >= 15 is 0 Å². The van der Waals surface area contributed by atoms with E-state index in [1.807, 2.05) is 17.0 Å². The molecule has 1 fully saturated rings. The van der Waals surface area contributed by atoms with Gasteiger partial charge in [0.2, 0.25) is 5.95 Å². The van der Waals surface area contributed by atoms with E-state index in [0.29, 0.717) is 36.2 Å². The van der Waals surface area contributed by atoms with Crippen LogP contribution in [0.2, 0.25) is 0 Å². The predicted octanol–water partition coefficient (Wildman–Crippen LogP) is 1.68. The van der Waals surface area contributed by atoms with Crippen LogP contribution in [-0.4, -0.2) is 45.9 Å². The average molecular weight is 363 g/mol. The molecule has 1 aliphatic rings. The molecule has 3 heterocycles. The lowest BCUT2D eigenvalue weighted by Gasteiger charge is -2.27.